The number of carbonyl (C=O) groups excluding carboxylic acids is 1. The molecule has 0 aliphatic carbocycles. The average molecular weight is 369 g/mol. The number of para-hydroxylation sites is 1. The molecule has 2 aliphatic heterocycles. The maximum Gasteiger partial charge on any atom is 0.261 e. The van der Waals surface area contributed by atoms with Gasteiger partial charge >= 0.3 is 0 Å². The molecule has 144 valence electrons. The summed E-state index contributed by atoms with van der Waals surface area (Å²) in [6.45, 7) is 5.13. The Bertz CT molecular complexity index is 787. The summed E-state index contributed by atoms with van der Waals surface area (Å²) in [6.07, 6.45) is 3.99. The lowest BCUT2D eigenvalue weighted by Crippen LogP contribution is -2.41. The normalized spacial score (nSPS) is 19.6. The zero-order valence-corrected chi connectivity index (χ0v) is 15.9. The molecule has 0 radical (unpaired) electrons. The van der Waals surface area contributed by atoms with Crippen LogP contribution in [0, 0.1) is 0 Å². The van der Waals surface area contributed by atoms with Crippen molar-refractivity contribution < 1.29 is 14.3 Å². The van der Waals surface area contributed by atoms with Crippen LogP contribution in [0.5, 0.6) is 5.75 Å². The molecule has 3 heterocycles. The van der Waals surface area contributed by atoms with Gasteiger partial charge in [-0.2, -0.15) is 5.10 Å². The fraction of sp³-hybridized carbons (Fsp3) is 0.524. The van der Waals surface area contributed by atoms with Crippen molar-refractivity contribution in [3.05, 3.63) is 47.3 Å². The number of amides is 1. The van der Waals surface area contributed by atoms with E-state index in [0.717, 1.165) is 56.8 Å². The van der Waals surface area contributed by atoms with Crippen LogP contribution in [0.3, 0.4) is 0 Å². The number of likely N-dealkylation sites (tertiary alicyclic amines) is 1. The Morgan fingerprint density at radius 1 is 1.30 bits per heavy atom. The van der Waals surface area contributed by atoms with E-state index in [4.69, 9.17) is 14.6 Å². The molecule has 4 rings (SSSR count). The third kappa shape index (κ3) is 3.72. The molecule has 1 aromatic carbocycles. The molecule has 1 atom stereocenters. The highest BCUT2D eigenvalue weighted by Gasteiger charge is 2.34. The fourth-order valence-corrected chi connectivity index (χ4v) is 4.12. The van der Waals surface area contributed by atoms with Gasteiger partial charge in [0.1, 0.15) is 5.75 Å². The minimum Gasteiger partial charge on any atom is -0.484 e. The summed E-state index contributed by atoms with van der Waals surface area (Å²) < 4.78 is 13.5. The highest BCUT2D eigenvalue weighted by atomic mass is 16.5. The van der Waals surface area contributed by atoms with Crippen molar-refractivity contribution >= 4 is 5.91 Å². The van der Waals surface area contributed by atoms with Crippen LogP contribution >= 0.6 is 0 Å². The third-order valence-electron chi connectivity index (χ3n) is 5.47. The minimum absolute atomic E-state index is 0.0221. The Kier molecular flexibility index (Phi) is 5.43. The number of nitrogens with zero attached hydrogens (tertiary/aromatic N) is 3. The van der Waals surface area contributed by atoms with Crippen LogP contribution in [-0.2, 0) is 29.1 Å². The predicted molar refractivity (Wildman–Crippen MR) is 102 cm³/mol. The van der Waals surface area contributed by atoms with Crippen molar-refractivity contribution in [1.82, 2.24) is 14.7 Å². The first kappa shape index (κ1) is 18.0. The predicted octanol–water partition coefficient (Wildman–Crippen LogP) is 3.11. The van der Waals surface area contributed by atoms with E-state index in [2.05, 4.69) is 11.6 Å². The lowest BCUT2D eigenvalue weighted by molar-refractivity contribution is -0.137. The van der Waals surface area contributed by atoms with Crippen LogP contribution in [0.2, 0.25) is 0 Å². The minimum atomic E-state index is 0.0221. The van der Waals surface area contributed by atoms with Crippen molar-refractivity contribution in [2.45, 2.75) is 51.8 Å². The van der Waals surface area contributed by atoms with Crippen molar-refractivity contribution in [2.75, 3.05) is 19.8 Å². The van der Waals surface area contributed by atoms with Gasteiger partial charge in [-0.3, -0.25) is 9.48 Å². The number of carbonyl (C=O) groups is 1. The summed E-state index contributed by atoms with van der Waals surface area (Å²) in [4.78, 5) is 14.9. The maximum absolute atomic E-state index is 12.9. The topological polar surface area (TPSA) is 56.6 Å². The van der Waals surface area contributed by atoms with Crippen LogP contribution in [-0.4, -0.2) is 40.3 Å². The van der Waals surface area contributed by atoms with E-state index in [1.807, 2.05) is 35.2 Å². The van der Waals surface area contributed by atoms with Crippen molar-refractivity contribution in [3.8, 4) is 5.75 Å². The van der Waals surface area contributed by atoms with Crippen LogP contribution in [0.15, 0.2) is 30.3 Å². The second-order valence-corrected chi connectivity index (χ2v) is 7.13. The van der Waals surface area contributed by atoms with Crippen molar-refractivity contribution in [2.24, 2.45) is 0 Å². The van der Waals surface area contributed by atoms with Gasteiger partial charge in [0, 0.05) is 30.8 Å². The first-order chi connectivity index (χ1) is 13.3. The number of benzene rings is 1. The van der Waals surface area contributed by atoms with Gasteiger partial charge in [-0.05, 0) is 38.3 Å². The van der Waals surface area contributed by atoms with Gasteiger partial charge in [0.05, 0.1) is 24.9 Å². The lowest BCUT2D eigenvalue weighted by Gasteiger charge is -2.35. The van der Waals surface area contributed by atoms with Crippen LogP contribution < -0.4 is 4.74 Å². The summed E-state index contributed by atoms with van der Waals surface area (Å²) in [5.41, 5.74) is 3.49. The Balaban J connectivity index is 1.54. The number of hydrogen-bond donors (Lipinski definition) is 0. The van der Waals surface area contributed by atoms with E-state index < -0.39 is 0 Å². The second kappa shape index (κ2) is 8.13. The van der Waals surface area contributed by atoms with E-state index >= 15 is 0 Å². The van der Waals surface area contributed by atoms with Gasteiger partial charge in [0.2, 0.25) is 0 Å². The van der Waals surface area contributed by atoms with Crippen LogP contribution in [0.25, 0.3) is 0 Å². The summed E-state index contributed by atoms with van der Waals surface area (Å²) >= 11 is 0. The Labute approximate surface area is 160 Å². The molecule has 6 nitrogen and oxygen atoms in total. The molecule has 2 aromatic rings. The SMILES string of the molecule is CCn1nc(C2CCCCN2C(=O)COc2ccccc2)c2c1CCOC2. The molecule has 1 fully saturated rings. The van der Waals surface area contributed by atoms with E-state index in [0.29, 0.717) is 6.61 Å². The smallest absolute Gasteiger partial charge is 0.261 e. The molecule has 0 bridgehead atoms. The van der Waals surface area contributed by atoms with Crippen molar-refractivity contribution in [3.63, 3.8) is 0 Å². The molecule has 2 aliphatic rings. The van der Waals surface area contributed by atoms with Gasteiger partial charge in [-0.1, -0.05) is 18.2 Å². The second-order valence-electron chi connectivity index (χ2n) is 7.13. The number of fused-ring (bicyclic) bond motifs is 1. The molecule has 1 aromatic heterocycles. The largest absolute Gasteiger partial charge is 0.484 e. The quantitative estimate of drug-likeness (QED) is 0.813. The summed E-state index contributed by atoms with van der Waals surface area (Å²) in [6, 6.07) is 9.52. The number of piperidine rings is 1. The van der Waals surface area contributed by atoms with E-state index in [9.17, 15) is 4.79 Å². The molecule has 1 saturated heterocycles. The Hall–Kier alpha value is -2.34. The summed E-state index contributed by atoms with van der Waals surface area (Å²) in [7, 11) is 0. The van der Waals surface area contributed by atoms with Crippen LogP contribution in [0.1, 0.15) is 49.2 Å². The highest BCUT2D eigenvalue weighted by Crippen LogP contribution is 2.35. The van der Waals surface area contributed by atoms with Gasteiger partial charge < -0.3 is 14.4 Å². The first-order valence-corrected chi connectivity index (χ1v) is 9.91. The first-order valence-electron chi connectivity index (χ1n) is 9.91. The Morgan fingerprint density at radius 2 is 2.15 bits per heavy atom. The van der Waals surface area contributed by atoms with Gasteiger partial charge in [-0.15, -0.1) is 0 Å². The maximum atomic E-state index is 12.9. The molecule has 0 spiro atoms. The number of aryl methyl sites for hydroxylation is 1. The van der Waals surface area contributed by atoms with E-state index in [1.54, 1.807) is 0 Å². The molecule has 0 saturated carbocycles. The monoisotopic (exact) mass is 369 g/mol. The summed E-state index contributed by atoms with van der Waals surface area (Å²) in [5.74, 6) is 0.750. The highest BCUT2D eigenvalue weighted by molar-refractivity contribution is 5.78. The van der Waals surface area contributed by atoms with Crippen molar-refractivity contribution in [1.29, 1.82) is 0 Å². The average Bonchev–Trinajstić information content (AvgIpc) is 3.11. The zero-order valence-electron chi connectivity index (χ0n) is 15.9. The molecule has 1 amide bonds. The van der Waals surface area contributed by atoms with Gasteiger partial charge in [0.25, 0.3) is 5.91 Å². The Morgan fingerprint density at radius 3 is 2.96 bits per heavy atom. The van der Waals surface area contributed by atoms with Gasteiger partial charge in [-0.25, -0.2) is 0 Å². The molecule has 6 heteroatoms. The number of hydrogen-bond acceptors (Lipinski definition) is 4. The molecular weight excluding hydrogens is 342 g/mol. The van der Waals surface area contributed by atoms with E-state index in [-0.39, 0.29) is 18.6 Å². The van der Waals surface area contributed by atoms with Gasteiger partial charge in [0.15, 0.2) is 6.61 Å². The number of aromatic nitrogens is 2. The van der Waals surface area contributed by atoms with Crippen LogP contribution in [0.4, 0.5) is 0 Å². The number of rotatable bonds is 5. The molecule has 27 heavy (non-hydrogen) atoms. The van der Waals surface area contributed by atoms with E-state index in [1.165, 1.54) is 11.3 Å². The summed E-state index contributed by atoms with van der Waals surface area (Å²) in [5, 5.41) is 4.89. The fourth-order valence-electron chi connectivity index (χ4n) is 4.12. The standard InChI is InChI=1S/C21H27N3O3/c1-2-24-18-11-13-26-14-17(18)21(22-24)19-10-6-7-12-23(19)20(25)15-27-16-8-4-3-5-9-16/h3-5,8-9,19H,2,6-7,10-15H2,1H3. The molecular formula is C21H27N3O3. The molecule has 0 N–H and O–H groups in total. The lowest BCUT2D eigenvalue weighted by atomic mass is 9.95. The zero-order chi connectivity index (χ0) is 18.6. The number of ether oxygens (including phenoxy) is 2. The third-order valence-corrected chi connectivity index (χ3v) is 5.47. The molecule has 1 unspecified atom stereocenters.